The van der Waals surface area contributed by atoms with Crippen LogP contribution < -0.4 is 0 Å². The third-order valence-corrected chi connectivity index (χ3v) is 5.01. The summed E-state index contributed by atoms with van der Waals surface area (Å²) >= 11 is 1.50. The van der Waals surface area contributed by atoms with Crippen LogP contribution in [-0.4, -0.2) is 29.9 Å². The second-order valence-corrected chi connectivity index (χ2v) is 7.04. The summed E-state index contributed by atoms with van der Waals surface area (Å²) in [5.41, 5.74) is 3.05. The first-order valence-corrected chi connectivity index (χ1v) is 9.70. The summed E-state index contributed by atoms with van der Waals surface area (Å²) in [6.07, 6.45) is 5.29. The fraction of sp³-hybridized carbons (Fsp3) is 0.150. The zero-order valence-electron chi connectivity index (χ0n) is 15.3. The Labute approximate surface area is 166 Å². The molecule has 0 aliphatic carbocycles. The van der Waals surface area contributed by atoms with E-state index in [-0.39, 0.29) is 0 Å². The number of aromatic nitrogens is 6. The van der Waals surface area contributed by atoms with Crippen LogP contribution in [-0.2, 0) is 12.3 Å². The largest absolute Gasteiger partial charge is 0.420 e. The molecule has 0 aliphatic heterocycles. The number of hydrogen-bond donors (Lipinski definition) is 0. The lowest BCUT2D eigenvalue weighted by atomic mass is 10.1. The molecule has 1 aromatic carbocycles. The minimum absolute atomic E-state index is 0.504. The van der Waals surface area contributed by atoms with E-state index in [4.69, 9.17) is 4.42 Å². The molecule has 3 heterocycles. The minimum atomic E-state index is 0.504. The van der Waals surface area contributed by atoms with E-state index in [1.54, 1.807) is 12.4 Å². The molecule has 0 amide bonds. The van der Waals surface area contributed by atoms with Crippen LogP contribution in [0.4, 0.5) is 0 Å². The standard InChI is InChI=1S/C20H18N6OS/c1-3-12-26-18(15-8-10-21-11-9-15)23-25-20(26)28-13-17-22-24-19(27-17)16-6-4-14(2)5-7-16/h3-11H,1,12-13H2,2H3. The third-order valence-electron chi connectivity index (χ3n) is 4.06. The van der Waals surface area contributed by atoms with Crippen molar-refractivity contribution in [2.24, 2.45) is 0 Å². The number of thioether (sulfide) groups is 1. The van der Waals surface area contributed by atoms with Crippen molar-refractivity contribution >= 4 is 11.8 Å². The van der Waals surface area contributed by atoms with Crippen LogP contribution in [0.5, 0.6) is 0 Å². The number of hydrogen-bond acceptors (Lipinski definition) is 7. The van der Waals surface area contributed by atoms with Crippen molar-refractivity contribution in [2.45, 2.75) is 24.4 Å². The fourth-order valence-corrected chi connectivity index (χ4v) is 3.44. The van der Waals surface area contributed by atoms with Gasteiger partial charge >= 0.3 is 0 Å². The van der Waals surface area contributed by atoms with Crippen LogP contribution in [0.15, 0.2) is 71.0 Å². The molecule has 0 spiro atoms. The molecule has 4 aromatic rings. The highest BCUT2D eigenvalue weighted by Crippen LogP contribution is 2.27. The molecule has 0 unspecified atom stereocenters. The molecular weight excluding hydrogens is 372 g/mol. The molecule has 8 heteroatoms. The number of benzene rings is 1. The molecule has 0 fully saturated rings. The van der Waals surface area contributed by atoms with Crippen molar-refractivity contribution in [3.8, 4) is 22.8 Å². The predicted octanol–water partition coefficient (Wildman–Crippen LogP) is 4.18. The first-order chi connectivity index (χ1) is 13.7. The maximum absolute atomic E-state index is 5.79. The Morgan fingerprint density at radius 2 is 1.79 bits per heavy atom. The quantitative estimate of drug-likeness (QED) is 0.346. The topological polar surface area (TPSA) is 82.5 Å². The van der Waals surface area contributed by atoms with E-state index >= 15 is 0 Å². The van der Waals surface area contributed by atoms with Gasteiger partial charge in [-0.2, -0.15) is 0 Å². The van der Waals surface area contributed by atoms with Gasteiger partial charge in [-0.05, 0) is 31.2 Å². The summed E-state index contributed by atoms with van der Waals surface area (Å²) in [5, 5.41) is 17.7. The molecular formula is C20H18N6OS. The third kappa shape index (κ3) is 3.86. The lowest BCUT2D eigenvalue weighted by Gasteiger charge is -2.06. The van der Waals surface area contributed by atoms with Crippen molar-refractivity contribution in [1.29, 1.82) is 0 Å². The van der Waals surface area contributed by atoms with Crippen molar-refractivity contribution in [3.05, 3.63) is 72.9 Å². The Hall–Kier alpha value is -3.26. The lowest BCUT2D eigenvalue weighted by molar-refractivity contribution is 0.528. The second-order valence-electron chi connectivity index (χ2n) is 6.10. The lowest BCUT2D eigenvalue weighted by Crippen LogP contribution is -2.00. The summed E-state index contributed by atoms with van der Waals surface area (Å²) in [4.78, 5) is 4.05. The van der Waals surface area contributed by atoms with E-state index in [2.05, 4.69) is 32.0 Å². The Morgan fingerprint density at radius 3 is 2.54 bits per heavy atom. The van der Waals surface area contributed by atoms with E-state index < -0.39 is 0 Å². The Kier molecular flexibility index (Phi) is 5.29. The fourth-order valence-electron chi connectivity index (χ4n) is 2.65. The molecule has 7 nitrogen and oxygen atoms in total. The first kappa shape index (κ1) is 18.1. The van der Waals surface area contributed by atoms with Gasteiger partial charge in [0.1, 0.15) is 0 Å². The van der Waals surface area contributed by atoms with Gasteiger partial charge in [0.05, 0.1) is 5.75 Å². The number of rotatable bonds is 7. The molecule has 140 valence electrons. The molecule has 0 radical (unpaired) electrons. The molecule has 4 rings (SSSR count). The number of nitrogens with zero attached hydrogens (tertiary/aromatic N) is 6. The van der Waals surface area contributed by atoms with Gasteiger partial charge in [0.15, 0.2) is 11.0 Å². The zero-order valence-corrected chi connectivity index (χ0v) is 16.1. The summed E-state index contributed by atoms with van der Waals surface area (Å²) in [7, 11) is 0. The van der Waals surface area contributed by atoms with Crippen LogP contribution in [0.3, 0.4) is 0 Å². The molecule has 0 saturated heterocycles. The minimum Gasteiger partial charge on any atom is -0.420 e. The van der Waals surface area contributed by atoms with E-state index in [9.17, 15) is 0 Å². The normalized spacial score (nSPS) is 10.9. The van der Waals surface area contributed by atoms with Crippen molar-refractivity contribution in [1.82, 2.24) is 29.9 Å². The van der Waals surface area contributed by atoms with Crippen LogP contribution >= 0.6 is 11.8 Å². The second kappa shape index (κ2) is 8.18. The molecule has 0 aliphatic rings. The van der Waals surface area contributed by atoms with Crippen molar-refractivity contribution in [3.63, 3.8) is 0 Å². The van der Waals surface area contributed by atoms with E-state index in [1.807, 2.05) is 54.0 Å². The molecule has 3 aromatic heterocycles. The monoisotopic (exact) mass is 390 g/mol. The first-order valence-electron chi connectivity index (χ1n) is 8.71. The van der Waals surface area contributed by atoms with Crippen LogP contribution in [0.2, 0.25) is 0 Å². The molecule has 0 bridgehead atoms. The summed E-state index contributed by atoms with van der Waals surface area (Å²) in [6, 6.07) is 11.8. The Morgan fingerprint density at radius 1 is 1.00 bits per heavy atom. The average molecular weight is 390 g/mol. The van der Waals surface area contributed by atoms with Gasteiger partial charge in [0.25, 0.3) is 0 Å². The number of aryl methyl sites for hydroxylation is 1. The maximum atomic E-state index is 5.79. The van der Waals surface area contributed by atoms with Crippen LogP contribution in [0, 0.1) is 6.92 Å². The highest BCUT2D eigenvalue weighted by Gasteiger charge is 2.15. The highest BCUT2D eigenvalue weighted by atomic mass is 32.2. The smallest absolute Gasteiger partial charge is 0.247 e. The van der Waals surface area contributed by atoms with Gasteiger partial charge in [-0.1, -0.05) is 35.5 Å². The SMILES string of the molecule is C=CCn1c(SCc2nnc(-c3ccc(C)cc3)o2)nnc1-c1ccncc1. The molecule has 0 atom stereocenters. The van der Waals surface area contributed by atoms with Gasteiger partial charge in [0.2, 0.25) is 11.8 Å². The Balaban J connectivity index is 1.52. The van der Waals surface area contributed by atoms with Gasteiger partial charge < -0.3 is 4.42 Å². The van der Waals surface area contributed by atoms with Gasteiger partial charge in [-0.15, -0.1) is 27.0 Å². The van der Waals surface area contributed by atoms with Crippen LogP contribution in [0.25, 0.3) is 22.8 Å². The van der Waals surface area contributed by atoms with Gasteiger partial charge in [-0.25, -0.2) is 0 Å². The predicted molar refractivity (Wildman–Crippen MR) is 107 cm³/mol. The van der Waals surface area contributed by atoms with Gasteiger partial charge in [-0.3, -0.25) is 9.55 Å². The summed E-state index contributed by atoms with van der Waals surface area (Å²) in [5.74, 6) is 2.33. The summed E-state index contributed by atoms with van der Waals surface area (Å²) in [6.45, 7) is 6.48. The van der Waals surface area contributed by atoms with Crippen molar-refractivity contribution in [2.75, 3.05) is 0 Å². The van der Waals surface area contributed by atoms with Crippen molar-refractivity contribution < 1.29 is 4.42 Å². The van der Waals surface area contributed by atoms with E-state index in [0.717, 1.165) is 22.1 Å². The average Bonchev–Trinajstić information content (AvgIpc) is 3.35. The number of pyridine rings is 1. The molecule has 0 saturated carbocycles. The van der Waals surface area contributed by atoms with E-state index in [0.29, 0.717) is 24.1 Å². The van der Waals surface area contributed by atoms with Crippen LogP contribution in [0.1, 0.15) is 11.5 Å². The highest BCUT2D eigenvalue weighted by molar-refractivity contribution is 7.98. The molecule has 0 N–H and O–H groups in total. The van der Waals surface area contributed by atoms with E-state index in [1.165, 1.54) is 17.3 Å². The Bertz CT molecular complexity index is 1070. The number of allylic oxidation sites excluding steroid dienone is 1. The van der Waals surface area contributed by atoms with Gasteiger partial charge in [0, 0.05) is 30.1 Å². The zero-order chi connectivity index (χ0) is 19.3. The summed E-state index contributed by atoms with van der Waals surface area (Å²) < 4.78 is 7.80. The maximum Gasteiger partial charge on any atom is 0.247 e. The molecule has 28 heavy (non-hydrogen) atoms.